The van der Waals surface area contributed by atoms with Gasteiger partial charge < -0.3 is 10.2 Å². The molecule has 0 atom stereocenters. The van der Waals surface area contributed by atoms with E-state index in [9.17, 15) is 0 Å². The highest BCUT2D eigenvalue weighted by atomic mass is 15.1. The van der Waals surface area contributed by atoms with Gasteiger partial charge in [0.2, 0.25) is 0 Å². The lowest BCUT2D eigenvalue weighted by Gasteiger charge is -2.21. The lowest BCUT2D eigenvalue weighted by molar-refractivity contribution is 0.714. The van der Waals surface area contributed by atoms with Gasteiger partial charge in [-0.3, -0.25) is 0 Å². The van der Waals surface area contributed by atoms with Crippen LogP contribution in [0.5, 0.6) is 0 Å². The Kier molecular flexibility index (Phi) is 4.38. The molecule has 0 heterocycles. The molecular formula is C16H19N3. The highest BCUT2D eigenvalue weighted by Gasteiger charge is 2.08. The summed E-state index contributed by atoms with van der Waals surface area (Å²) in [6, 6.07) is 14.3. The number of nitriles is 1. The molecule has 0 aliphatic rings. The normalized spacial score (nSPS) is 10.4. The topological polar surface area (TPSA) is 39.1 Å². The number of anilines is 1. The molecule has 0 aromatic heterocycles. The molecule has 3 heteroatoms. The van der Waals surface area contributed by atoms with E-state index in [-0.39, 0.29) is 0 Å². The van der Waals surface area contributed by atoms with E-state index in [0.29, 0.717) is 0 Å². The van der Waals surface area contributed by atoms with Crippen LogP contribution in [-0.4, -0.2) is 27.2 Å². The van der Waals surface area contributed by atoms with Crippen LogP contribution in [0.1, 0.15) is 12.0 Å². The van der Waals surface area contributed by atoms with Crippen molar-refractivity contribution in [2.75, 3.05) is 32.1 Å². The average molecular weight is 253 g/mol. The van der Waals surface area contributed by atoms with Gasteiger partial charge in [-0.15, -0.1) is 0 Å². The molecule has 0 unspecified atom stereocenters. The monoisotopic (exact) mass is 253 g/mol. The zero-order valence-corrected chi connectivity index (χ0v) is 11.5. The molecule has 0 fully saturated rings. The van der Waals surface area contributed by atoms with Crippen LogP contribution < -0.4 is 10.2 Å². The Labute approximate surface area is 114 Å². The molecule has 0 bridgehead atoms. The molecule has 0 aliphatic heterocycles. The summed E-state index contributed by atoms with van der Waals surface area (Å²) in [4.78, 5) is 2.25. The van der Waals surface area contributed by atoms with Crippen molar-refractivity contribution in [2.45, 2.75) is 6.42 Å². The van der Waals surface area contributed by atoms with Gasteiger partial charge in [0.15, 0.2) is 0 Å². The molecule has 2 rings (SSSR count). The minimum Gasteiger partial charge on any atom is -0.374 e. The first-order valence-corrected chi connectivity index (χ1v) is 6.55. The molecule has 0 aliphatic carbocycles. The Morgan fingerprint density at radius 2 is 1.89 bits per heavy atom. The van der Waals surface area contributed by atoms with E-state index in [4.69, 9.17) is 5.26 Å². The molecule has 98 valence electrons. The number of benzene rings is 2. The van der Waals surface area contributed by atoms with Gasteiger partial charge in [-0.05, 0) is 32.1 Å². The smallest absolute Gasteiger partial charge is 0.0998 e. The van der Waals surface area contributed by atoms with Crippen LogP contribution in [0, 0.1) is 11.3 Å². The van der Waals surface area contributed by atoms with Crippen LogP contribution >= 0.6 is 0 Å². The van der Waals surface area contributed by atoms with Crippen molar-refractivity contribution in [3.8, 4) is 6.07 Å². The standard InChI is InChI=1S/C16H19N3/c1-18-10-5-11-19(2)16-9-8-13(12-17)14-6-3-4-7-15(14)16/h3-4,6-9,18H,5,10-11H2,1-2H3. The Bertz CT molecular complexity index is 598. The van der Waals surface area contributed by atoms with Gasteiger partial charge in [-0.2, -0.15) is 5.26 Å². The van der Waals surface area contributed by atoms with Crippen LogP contribution in [0.25, 0.3) is 10.8 Å². The van der Waals surface area contributed by atoms with E-state index < -0.39 is 0 Å². The maximum atomic E-state index is 9.17. The first-order valence-electron chi connectivity index (χ1n) is 6.55. The van der Waals surface area contributed by atoms with Crippen molar-refractivity contribution in [1.29, 1.82) is 5.26 Å². The van der Waals surface area contributed by atoms with E-state index in [1.807, 2.05) is 37.4 Å². The van der Waals surface area contributed by atoms with Crippen molar-refractivity contribution >= 4 is 16.5 Å². The Morgan fingerprint density at radius 3 is 2.58 bits per heavy atom. The second-order valence-electron chi connectivity index (χ2n) is 4.67. The molecule has 0 amide bonds. The molecule has 0 spiro atoms. The fourth-order valence-electron chi connectivity index (χ4n) is 2.33. The predicted octanol–water partition coefficient (Wildman–Crippen LogP) is 2.76. The number of nitrogens with zero attached hydrogens (tertiary/aromatic N) is 2. The molecule has 19 heavy (non-hydrogen) atoms. The number of hydrogen-bond acceptors (Lipinski definition) is 3. The third-order valence-corrected chi connectivity index (χ3v) is 3.35. The van der Waals surface area contributed by atoms with Gasteiger partial charge in [-0.1, -0.05) is 24.3 Å². The van der Waals surface area contributed by atoms with Crippen LogP contribution in [0.3, 0.4) is 0 Å². The van der Waals surface area contributed by atoms with Crippen LogP contribution in [0.4, 0.5) is 5.69 Å². The summed E-state index contributed by atoms with van der Waals surface area (Å²) in [6.45, 7) is 2.01. The van der Waals surface area contributed by atoms with Crippen LogP contribution in [-0.2, 0) is 0 Å². The zero-order chi connectivity index (χ0) is 13.7. The molecule has 2 aromatic rings. The fraction of sp³-hybridized carbons (Fsp3) is 0.312. The summed E-state index contributed by atoms with van der Waals surface area (Å²) in [6.07, 6.45) is 1.10. The summed E-state index contributed by atoms with van der Waals surface area (Å²) < 4.78 is 0. The molecule has 0 radical (unpaired) electrons. The number of nitrogens with one attached hydrogen (secondary N) is 1. The third-order valence-electron chi connectivity index (χ3n) is 3.35. The van der Waals surface area contributed by atoms with Crippen molar-refractivity contribution < 1.29 is 0 Å². The van der Waals surface area contributed by atoms with Gasteiger partial charge in [0.25, 0.3) is 0 Å². The van der Waals surface area contributed by atoms with Crippen molar-refractivity contribution in [3.05, 3.63) is 42.0 Å². The molecule has 1 N–H and O–H groups in total. The van der Waals surface area contributed by atoms with E-state index in [1.54, 1.807) is 0 Å². The summed E-state index contributed by atoms with van der Waals surface area (Å²) >= 11 is 0. The summed E-state index contributed by atoms with van der Waals surface area (Å²) in [5, 5.41) is 14.5. The van der Waals surface area contributed by atoms with Gasteiger partial charge >= 0.3 is 0 Å². The second-order valence-corrected chi connectivity index (χ2v) is 4.67. The lowest BCUT2D eigenvalue weighted by atomic mass is 10.0. The molecule has 0 saturated carbocycles. The van der Waals surface area contributed by atoms with E-state index in [0.717, 1.165) is 35.8 Å². The fourth-order valence-corrected chi connectivity index (χ4v) is 2.33. The minimum atomic E-state index is 0.739. The zero-order valence-electron chi connectivity index (χ0n) is 11.5. The maximum absolute atomic E-state index is 9.17. The maximum Gasteiger partial charge on any atom is 0.0998 e. The first kappa shape index (κ1) is 13.4. The summed E-state index contributed by atoms with van der Waals surface area (Å²) in [5.74, 6) is 0. The van der Waals surface area contributed by atoms with Crippen molar-refractivity contribution in [1.82, 2.24) is 5.32 Å². The summed E-state index contributed by atoms with van der Waals surface area (Å²) in [5.41, 5.74) is 1.92. The summed E-state index contributed by atoms with van der Waals surface area (Å²) in [7, 11) is 4.07. The molecular weight excluding hydrogens is 234 g/mol. The second kappa shape index (κ2) is 6.21. The molecule has 3 nitrogen and oxygen atoms in total. The minimum absolute atomic E-state index is 0.739. The lowest BCUT2D eigenvalue weighted by Crippen LogP contribution is -2.22. The van der Waals surface area contributed by atoms with E-state index >= 15 is 0 Å². The van der Waals surface area contributed by atoms with Crippen molar-refractivity contribution in [3.63, 3.8) is 0 Å². The Hall–Kier alpha value is -2.05. The number of fused-ring (bicyclic) bond motifs is 1. The van der Waals surface area contributed by atoms with Gasteiger partial charge in [0, 0.05) is 30.1 Å². The predicted molar refractivity (Wildman–Crippen MR) is 80.5 cm³/mol. The van der Waals surface area contributed by atoms with E-state index in [2.05, 4.69) is 29.4 Å². The third kappa shape index (κ3) is 2.86. The van der Waals surface area contributed by atoms with Crippen molar-refractivity contribution in [2.24, 2.45) is 0 Å². The number of hydrogen-bond donors (Lipinski definition) is 1. The first-order chi connectivity index (χ1) is 9.27. The quantitative estimate of drug-likeness (QED) is 0.833. The van der Waals surface area contributed by atoms with E-state index in [1.165, 1.54) is 5.69 Å². The van der Waals surface area contributed by atoms with Gasteiger partial charge in [0.05, 0.1) is 11.6 Å². The van der Waals surface area contributed by atoms with Gasteiger partial charge in [0.1, 0.15) is 0 Å². The van der Waals surface area contributed by atoms with Crippen LogP contribution in [0.2, 0.25) is 0 Å². The van der Waals surface area contributed by atoms with Gasteiger partial charge in [-0.25, -0.2) is 0 Å². The van der Waals surface area contributed by atoms with Crippen LogP contribution in [0.15, 0.2) is 36.4 Å². The Balaban J connectivity index is 2.36. The molecule has 0 saturated heterocycles. The largest absolute Gasteiger partial charge is 0.374 e. The highest BCUT2D eigenvalue weighted by Crippen LogP contribution is 2.28. The Morgan fingerprint density at radius 1 is 1.16 bits per heavy atom. The SMILES string of the molecule is CNCCCN(C)c1ccc(C#N)c2ccccc12. The highest BCUT2D eigenvalue weighted by molar-refractivity contribution is 5.97. The number of rotatable bonds is 5. The molecule has 2 aromatic carbocycles. The average Bonchev–Trinajstić information content (AvgIpc) is 2.46.